The number of nitrogens with one attached hydrogen (secondary N) is 1. The summed E-state index contributed by atoms with van der Waals surface area (Å²) < 4.78 is 15.6. The van der Waals surface area contributed by atoms with Gasteiger partial charge in [-0.05, 0) is 25.1 Å². The smallest absolute Gasteiger partial charge is 0.124 e. The van der Waals surface area contributed by atoms with Crippen LogP contribution in [-0.4, -0.2) is 40.6 Å². The summed E-state index contributed by atoms with van der Waals surface area (Å²) in [7, 11) is 3.32. The van der Waals surface area contributed by atoms with E-state index in [-0.39, 0.29) is 0 Å². The first-order valence-corrected chi connectivity index (χ1v) is 6.76. The summed E-state index contributed by atoms with van der Waals surface area (Å²) in [6.07, 6.45) is 0.955. The molecule has 5 heteroatoms. The molecular formula is C14H22ClNO3. The van der Waals surface area contributed by atoms with E-state index in [1.165, 1.54) is 0 Å². The Morgan fingerprint density at radius 2 is 2.00 bits per heavy atom. The second-order valence-corrected chi connectivity index (χ2v) is 4.46. The van der Waals surface area contributed by atoms with Crippen LogP contribution in [0.25, 0.3) is 0 Å². The van der Waals surface area contributed by atoms with Crippen LogP contribution in [0.1, 0.15) is 12.0 Å². The molecule has 0 aliphatic heterocycles. The highest BCUT2D eigenvalue weighted by Gasteiger charge is 2.06. The Labute approximate surface area is 120 Å². The van der Waals surface area contributed by atoms with E-state index in [4.69, 9.17) is 25.8 Å². The zero-order valence-corrected chi connectivity index (χ0v) is 12.3. The highest BCUT2D eigenvalue weighted by Crippen LogP contribution is 2.25. The van der Waals surface area contributed by atoms with Gasteiger partial charge in [0.2, 0.25) is 0 Å². The maximum atomic E-state index is 6.15. The third kappa shape index (κ3) is 6.25. The molecule has 0 aromatic heterocycles. The largest absolute Gasteiger partial charge is 0.496 e. The molecule has 0 spiro atoms. The van der Waals surface area contributed by atoms with E-state index in [0.717, 1.165) is 35.9 Å². The molecule has 0 aliphatic rings. The zero-order chi connectivity index (χ0) is 13.9. The van der Waals surface area contributed by atoms with Gasteiger partial charge in [0.25, 0.3) is 0 Å². The SMILES string of the molecule is COCCOCCCNCc1c(Cl)cccc1OC. The third-order valence-corrected chi connectivity index (χ3v) is 3.03. The van der Waals surface area contributed by atoms with Crippen LogP contribution in [0.15, 0.2) is 18.2 Å². The van der Waals surface area contributed by atoms with Gasteiger partial charge in [0.05, 0.1) is 20.3 Å². The Balaban J connectivity index is 2.19. The molecule has 0 bridgehead atoms. The first-order chi connectivity index (χ1) is 9.29. The molecule has 0 amide bonds. The van der Waals surface area contributed by atoms with Crippen LogP contribution in [0.5, 0.6) is 5.75 Å². The fourth-order valence-corrected chi connectivity index (χ4v) is 1.89. The van der Waals surface area contributed by atoms with Crippen LogP contribution < -0.4 is 10.1 Å². The van der Waals surface area contributed by atoms with Gasteiger partial charge >= 0.3 is 0 Å². The lowest BCUT2D eigenvalue weighted by atomic mass is 10.2. The van der Waals surface area contributed by atoms with Crippen molar-refractivity contribution in [1.82, 2.24) is 5.32 Å². The molecule has 0 saturated heterocycles. The number of methoxy groups -OCH3 is 2. The molecular weight excluding hydrogens is 266 g/mol. The molecule has 108 valence electrons. The Bertz CT molecular complexity index is 361. The number of ether oxygens (including phenoxy) is 3. The van der Waals surface area contributed by atoms with Crippen molar-refractivity contribution in [3.63, 3.8) is 0 Å². The quantitative estimate of drug-likeness (QED) is 0.671. The maximum absolute atomic E-state index is 6.15. The molecule has 0 atom stereocenters. The van der Waals surface area contributed by atoms with Crippen LogP contribution in [0.3, 0.4) is 0 Å². The molecule has 0 fully saturated rings. The number of benzene rings is 1. The zero-order valence-electron chi connectivity index (χ0n) is 11.6. The highest BCUT2D eigenvalue weighted by molar-refractivity contribution is 6.31. The van der Waals surface area contributed by atoms with Crippen molar-refractivity contribution in [1.29, 1.82) is 0 Å². The topological polar surface area (TPSA) is 39.7 Å². The second kappa shape index (κ2) is 10.0. The highest BCUT2D eigenvalue weighted by atomic mass is 35.5. The standard InChI is InChI=1S/C14H22ClNO3/c1-17-9-10-19-8-4-7-16-11-12-13(15)5-3-6-14(12)18-2/h3,5-6,16H,4,7-11H2,1-2H3. The molecule has 0 heterocycles. The molecule has 1 N–H and O–H groups in total. The summed E-state index contributed by atoms with van der Waals surface area (Å²) >= 11 is 6.15. The molecule has 0 aliphatic carbocycles. The fourth-order valence-electron chi connectivity index (χ4n) is 1.66. The summed E-state index contributed by atoms with van der Waals surface area (Å²) in [6, 6.07) is 5.67. The minimum absolute atomic E-state index is 0.643. The van der Waals surface area contributed by atoms with Crippen molar-refractivity contribution >= 4 is 11.6 Å². The van der Waals surface area contributed by atoms with Gasteiger partial charge in [0.15, 0.2) is 0 Å². The van der Waals surface area contributed by atoms with Gasteiger partial charge in [-0.3, -0.25) is 0 Å². The number of halogens is 1. The van der Waals surface area contributed by atoms with E-state index in [1.807, 2.05) is 18.2 Å². The predicted octanol–water partition coefficient (Wildman–Crippen LogP) is 2.49. The van der Waals surface area contributed by atoms with E-state index in [1.54, 1.807) is 14.2 Å². The Kier molecular flexibility index (Phi) is 8.58. The van der Waals surface area contributed by atoms with E-state index >= 15 is 0 Å². The van der Waals surface area contributed by atoms with E-state index < -0.39 is 0 Å². The first kappa shape index (κ1) is 16.2. The fraction of sp³-hybridized carbons (Fsp3) is 0.571. The molecule has 0 radical (unpaired) electrons. The van der Waals surface area contributed by atoms with Crippen molar-refractivity contribution in [2.45, 2.75) is 13.0 Å². The summed E-state index contributed by atoms with van der Waals surface area (Å²) in [6.45, 7) is 3.59. The second-order valence-electron chi connectivity index (χ2n) is 4.06. The van der Waals surface area contributed by atoms with E-state index in [2.05, 4.69) is 5.32 Å². The monoisotopic (exact) mass is 287 g/mol. The van der Waals surface area contributed by atoms with Gasteiger partial charge in [-0.25, -0.2) is 0 Å². The molecule has 1 rings (SSSR count). The van der Waals surface area contributed by atoms with E-state index in [9.17, 15) is 0 Å². The van der Waals surface area contributed by atoms with Crippen LogP contribution >= 0.6 is 11.6 Å². The molecule has 0 unspecified atom stereocenters. The number of hydrogen-bond donors (Lipinski definition) is 1. The van der Waals surface area contributed by atoms with Crippen molar-refractivity contribution < 1.29 is 14.2 Å². The molecule has 1 aromatic rings. The summed E-state index contributed by atoms with van der Waals surface area (Å²) in [5, 5.41) is 4.06. The van der Waals surface area contributed by atoms with Crippen molar-refractivity contribution in [2.75, 3.05) is 40.6 Å². The van der Waals surface area contributed by atoms with Crippen LogP contribution in [0.2, 0.25) is 5.02 Å². The van der Waals surface area contributed by atoms with Gasteiger partial charge < -0.3 is 19.5 Å². The van der Waals surface area contributed by atoms with Crippen LogP contribution in [0.4, 0.5) is 0 Å². The lowest BCUT2D eigenvalue weighted by Crippen LogP contribution is -2.17. The molecule has 19 heavy (non-hydrogen) atoms. The van der Waals surface area contributed by atoms with Gasteiger partial charge in [-0.15, -0.1) is 0 Å². The van der Waals surface area contributed by atoms with Gasteiger partial charge in [0, 0.05) is 30.8 Å². The molecule has 4 nitrogen and oxygen atoms in total. The average Bonchev–Trinajstić information content (AvgIpc) is 2.43. The van der Waals surface area contributed by atoms with Gasteiger partial charge in [0.1, 0.15) is 5.75 Å². The Hall–Kier alpha value is -0.810. The van der Waals surface area contributed by atoms with Crippen molar-refractivity contribution in [3.8, 4) is 5.75 Å². The minimum atomic E-state index is 0.643. The maximum Gasteiger partial charge on any atom is 0.124 e. The van der Waals surface area contributed by atoms with Crippen LogP contribution in [0, 0.1) is 0 Å². The van der Waals surface area contributed by atoms with Crippen molar-refractivity contribution in [3.05, 3.63) is 28.8 Å². The number of hydrogen-bond acceptors (Lipinski definition) is 4. The van der Waals surface area contributed by atoms with Crippen LogP contribution in [-0.2, 0) is 16.0 Å². The molecule has 1 aromatic carbocycles. The molecule has 0 saturated carbocycles. The van der Waals surface area contributed by atoms with E-state index in [0.29, 0.717) is 19.8 Å². The number of rotatable bonds is 10. The lowest BCUT2D eigenvalue weighted by molar-refractivity contribution is 0.0695. The van der Waals surface area contributed by atoms with Crippen molar-refractivity contribution in [2.24, 2.45) is 0 Å². The van der Waals surface area contributed by atoms with Gasteiger partial charge in [-0.1, -0.05) is 17.7 Å². The summed E-state index contributed by atoms with van der Waals surface area (Å²) in [4.78, 5) is 0. The van der Waals surface area contributed by atoms with Gasteiger partial charge in [-0.2, -0.15) is 0 Å². The first-order valence-electron chi connectivity index (χ1n) is 6.38. The minimum Gasteiger partial charge on any atom is -0.496 e. The predicted molar refractivity (Wildman–Crippen MR) is 77.0 cm³/mol. The summed E-state index contributed by atoms with van der Waals surface area (Å²) in [5.41, 5.74) is 0.993. The Morgan fingerprint density at radius 3 is 2.74 bits per heavy atom. The Morgan fingerprint density at radius 1 is 1.16 bits per heavy atom. The summed E-state index contributed by atoms with van der Waals surface area (Å²) in [5.74, 6) is 0.816. The third-order valence-electron chi connectivity index (χ3n) is 2.67. The lowest BCUT2D eigenvalue weighted by Gasteiger charge is -2.11. The normalized spacial score (nSPS) is 10.7. The average molecular weight is 288 g/mol.